The van der Waals surface area contributed by atoms with Crippen LogP contribution < -0.4 is 11.7 Å². The molecule has 0 bridgehead atoms. The van der Waals surface area contributed by atoms with Gasteiger partial charge in [0.15, 0.2) is 0 Å². The summed E-state index contributed by atoms with van der Waals surface area (Å²) < 4.78 is 0. The van der Waals surface area contributed by atoms with Gasteiger partial charge in [-0.15, -0.1) is 0 Å². The molecule has 1 unspecified atom stereocenters. The number of hydrogen-bond acceptors (Lipinski definition) is 4. The van der Waals surface area contributed by atoms with Gasteiger partial charge in [-0.05, 0) is 6.92 Å². The van der Waals surface area contributed by atoms with Crippen LogP contribution in [0.1, 0.15) is 6.92 Å². The summed E-state index contributed by atoms with van der Waals surface area (Å²) in [7, 11) is 0. The first-order chi connectivity index (χ1) is 4.31. The predicted octanol–water partition coefficient (Wildman–Crippen LogP) is 0.0267. The molecule has 6 heteroatoms. The monoisotopic (exact) mass is 130 g/mol. The van der Waals surface area contributed by atoms with Crippen LogP contribution in [0.15, 0.2) is 20.7 Å². The number of nitrogens with two attached hydrogens (primary N) is 2. The zero-order chi connectivity index (χ0) is 7.11. The molecule has 6 nitrogen and oxygen atoms in total. The average molecular weight is 130 g/mol. The molecule has 0 spiro atoms. The SMILES string of the molecule is CC(CN=NN)N=NN. The quantitative estimate of drug-likeness (QED) is 0.319. The fourth-order valence-electron chi connectivity index (χ4n) is 0.316. The van der Waals surface area contributed by atoms with Gasteiger partial charge in [-0.2, -0.15) is 10.2 Å². The predicted molar refractivity (Wildman–Crippen MR) is 32.4 cm³/mol. The van der Waals surface area contributed by atoms with E-state index in [0.29, 0.717) is 6.54 Å². The molecule has 0 aliphatic carbocycles. The first-order valence-electron chi connectivity index (χ1n) is 2.48. The van der Waals surface area contributed by atoms with E-state index in [0.717, 1.165) is 0 Å². The summed E-state index contributed by atoms with van der Waals surface area (Å²) in [4.78, 5) is 0. The van der Waals surface area contributed by atoms with Crippen molar-refractivity contribution < 1.29 is 0 Å². The molecule has 0 saturated heterocycles. The molecule has 0 aromatic carbocycles. The van der Waals surface area contributed by atoms with Crippen molar-refractivity contribution >= 4 is 0 Å². The summed E-state index contributed by atoms with van der Waals surface area (Å²) >= 11 is 0. The van der Waals surface area contributed by atoms with Crippen LogP contribution in [0, 0.1) is 0 Å². The van der Waals surface area contributed by atoms with Crippen molar-refractivity contribution in [1.82, 2.24) is 0 Å². The minimum absolute atomic E-state index is 0.0395. The molecule has 0 radical (unpaired) electrons. The van der Waals surface area contributed by atoms with Gasteiger partial charge in [0, 0.05) is 0 Å². The Kier molecular flexibility index (Phi) is 4.29. The lowest BCUT2D eigenvalue weighted by Gasteiger charge is -1.94. The third-order valence-corrected chi connectivity index (χ3v) is 0.691. The van der Waals surface area contributed by atoms with Crippen molar-refractivity contribution in [2.24, 2.45) is 32.4 Å². The Bertz CT molecular complexity index is 107. The van der Waals surface area contributed by atoms with Crippen molar-refractivity contribution in [2.75, 3.05) is 6.54 Å². The summed E-state index contributed by atoms with van der Waals surface area (Å²) in [5, 5.41) is 13.2. The summed E-state index contributed by atoms with van der Waals surface area (Å²) in [5.74, 6) is 9.48. The van der Waals surface area contributed by atoms with E-state index in [1.807, 2.05) is 6.92 Å². The Hall–Kier alpha value is -1.20. The molecule has 0 rings (SSSR count). The van der Waals surface area contributed by atoms with Gasteiger partial charge in [0.1, 0.15) is 0 Å². The Morgan fingerprint density at radius 2 is 2.00 bits per heavy atom. The van der Waals surface area contributed by atoms with Crippen molar-refractivity contribution in [3.05, 3.63) is 0 Å². The van der Waals surface area contributed by atoms with Gasteiger partial charge in [-0.25, -0.2) is 0 Å². The normalized spacial score (nSPS) is 15.2. The van der Waals surface area contributed by atoms with E-state index in [-0.39, 0.29) is 6.04 Å². The fourth-order valence-corrected chi connectivity index (χ4v) is 0.316. The molecule has 0 heterocycles. The molecule has 0 saturated carbocycles. The molecule has 52 valence electrons. The van der Waals surface area contributed by atoms with Crippen LogP contribution in [0.5, 0.6) is 0 Å². The van der Waals surface area contributed by atoms with E-state index in [1.165, 1.54) is 0 Å². The molecule has 0 aliphatic rings. The topological polar surface area (TPSA) is 101 Å². The van der Waals surface area contributed by atoms with Crippen LogP contribution >= 0.6 is 0 Å². The van der Waals surface area contributed by atoms with Gasteiger partial charge >= 0.3 is 0 Å². The molecule has 0 aromatic heterocycles. The van der Waals surface area contributed by atoms with Crippen LogP contribution in [-0.4, -0.2) is 12.6 Å². The molecular formula is C3H10N6. The van der Waals surface area contributed by atoms with Crippen molar-refractivity contribution in [3.8, 4) is 0 Å². The van der Waals surface area contributed by atoms with Crippen molar-refractivity contribution in [1.29, 1.82) is 0 Å². The first-order valence-corrected chi connectivity index (χ1v) is 2.48. The second-order valence-electron chi connectivity index (χ2n) is 1.52. The molecular weight excluding hydrogens is 120 g/mol. The van der Waals surface area contributed by atoms with Crippen LogP contribution in [0.4, 0.5) is 0 Å². The molecule has 0 amide bonds. The Morgan fingerprint density at radius 1 is 1.33 bits per heavy atom. The molecule has 4 N–H and O–H groups in total. The standard InChI is InChI=1S/C3H10N6/c1-3(7-9-5)2-6-8-4/h3H,2H2,1H3,(H2,4,6)(H2,5,7). The first kappa shape index (κ1) is 7.80. The summed E-state index contributed by atoms with van der Waals surface area (Å²) in [6, 6.07) is -0.0395. The highest BCUT2D eigenvalue weighted by atomic mass is 15.3. The minimum Gasteiger partial charge on any atom is -0.305 e. The van der Waals surface area contributed by atoms with E-state index >= 15 is 0 Å². The van der Waals surface area contributed by atoms with Crippen LogP contribution in [0.2, 0.25) is 0 Å². The maximum Gasteiger partial charge on any atom is 0.0915 e. The van der Waals surface area contributed by atoms with Gasteiger partial charge in [-0.3, -0.25) is 0 Å². The molecule has 1 atom stereocenters. The maximum absolute atomic E-state index is 4.76. The van der Waals surface area contributed by atoms with E-state index in [1.54, 1.807) is 0 Å². The summed E-state index contributed by atoms with van der Waals surface area (Å²) in [6.45, 7) is 2.24. The van der Waals surface area contributed by atoms with Crippen LogP contribution in [0.25, 0.3) is 0 Å². The van der Waals surface area contributed by atoms with Crippen LogP contribution in [-0.2, 0) is 0 Å². The highest BCUT2D eigenvalue weighted by Crippen LogP contribution is 1.88. The fraction of sp³-hybridized carbons (Fsp3) is 1.00. The number of nitrogens with zero attached hydrogens (tertiary/aromatic N) is 4. The van der Waals surface area contributed by atoms with Gasteiger partial charge in [0.2, 0.25) is 0 Å². The van der Waals surface area contributed by atoms with Crippen molar-refractivity contribution in [3.63, 3.8) is 0 Å². The zero-order valence-corrected chi connectivity index (χ0v) is 5.23. The zero-order valence-electron chi connectivity index (χ0n) is 5.23. The highest BCUT2D eigenvalue weighted by molar-refractivity contribution is 4.56. The minimum atomic E-state index is -0.0395. The molecule has 9 heavy (non-hydrogen) atoms. The smallest absolute Gasteiger partial charge is 0.0915 e. The number of hydrogen-bond donors (Lipinski definition) is 2. The van der Waals surface area contributed by atoms with Crippen molar-refractivity contribution in [2.45, 2.75) is 13.0 Å². The van der Waals surface area contributed by atoms with Gasteiger partial charge in [0.05, 0.1) is 12.6 Å². The molecule has 0 aliphatic heterocycles. The Labute approximate surface area is 53.0 Å². The summed E-state index contributed by atoms with van der Waals surface area (Å²) in [6.07, 6.45) is 0. The second kappa shape index (κ2) is 4.95. The van der Waals surface area contributed by atoms with E-state index in [9.17, 15) is 0 Å². The highest BCUT2D eigenvalue weighted by Gasteiger charge is 1.94. The molecule has 0 fully saturated rings. The van der Waals surface area contributed by atoms with E-state index in [4.69, 9.17) is 11.7 Å². The van der Waals surface area contributed by atoms with E-state index < -0.39 is 0 Å². The summed E-state index contributed by atoms with van der Waals surface area (Å²) in [5.41, 5.74) is 0. The van der Waals surface area contributed by atoms with Gasteiger partial charge < -0.3 is 11.7 Å². The maximum atomic E-state index is 4.76. The third-order valence-electron chi connectivity index (χ3n) is 0.691. The lowest BCUT2D eigenvalue weighted by Crippen LogP contribution is -2.02. The lowest BCUT2D eigenvalue weighted by molar-refractivity contribution is 0.671. The second-order valence-corrected chi connectivity index (χ2v) is 1.52. The van der Waals surface area contributed by atoms with Gasteiger partial charge in [-0.1, -0.05) is 10.4 Å². The van der Waals surface area contributed by atoms with Gasteiger partial charge in [0.25, 0.3) is 0 Å². The average Bonchev–Trinajstić information content (AvgIpc) is 1.85. The Morgan fingerprint density at radius 3 is 2.44 bits per heavy atom. The molecule has 0 aromatic rings. The third kappa shape index (κ3) is 4.66. The lowest BCUT2D eigenvalue weighted by atomic mass is 10.4. The van der Waals surface area contributed by atoms with Crippen LogP contribution in [0.3, 0.4) is 0 Å². The largest absolute Gasteiger partial charge is 0.305 e. The van der Waals surface area contributed by atoms with E-state index in [2.05, 4.69) is 20.7 Å². The number of rotatable bonds is 3. The Balaban J connectivity index is 3.37.